The Morgan fingerprint density at radius 1 is 1.19 bits per heavy atom. The van der Waals surface area contributed by atoms with Crippen LogP contribution in [0.15, 0.2) is 55.6 Å². The van der Waals surface area contributed by atoms with Crippen LogP contribution < -0.4 is 0 Å². The van der Waals surface area contributed by atoms with Crippen LogP contribution in [0.5, 0.6) is 0 Å². The van der Waals surface area contributed by atoms with Crippen molar-refractivity contribution in [3.05, 3.63) is 61.2 Å². The number of nitrogens with zero attached hydrogens (tertiary/aromatic N) is 2. The zero-order chi connectivity index (χ0) is 25.7. The Kier molecular flexibility index (Phi) is 8.57. The molecule has 1 aromatic rings. The fraction of sp³-hybridized carbons (Fsp3) is 0.536. The van der Waals surface area contributed by atoms with Gasteiger partial charge in [-0.05, 0) is 37.7 Å². The molecule has 4 rings (SSSR count). The lowest BCUT2D eigenvalue weighted by atomic mass is 9.71. The molecule has 5 atom stereocenters. The molecule has 3 heterocycles. The number of likely N-dealkylation sites (tertiary alicyclic amines) is 1. The van der Waals surface area contributed by atoms with E-state index in [1.54, 1.807) is 27.6 Å². The second kappa shape index (κ2) is 11.6. The van der Waals surface area contributed by atoms with Gasteiger partial charge in [0.15, 0.2) is 0 Å². The third-order valence-electron chi connectivity index (χ3n) is 7.58. The Labute approximate surface area is 217 Å². The van der Waals surface area contributed by atoms with Gasteiger partial charge in [-0.2, -0.15) is 0 Å². The van der Waals surface area contributed by atoms with Crippen LogP contribution in [0.4, 0.5) is 0 Å². The van der Waals surface area contributed by atoms with Gasteiger partial charge in [0.05, 0.1) is 16.6 Å². The first-order valence-electron chi connectivity index (χ1n) is 12.8. The van der Waals surface area contributed by atoms with Gasteiger partial charge in [0, 0.05) is 31.5 Å². The fourth-order valence-electron chi connectivity index (χ4n) is 6.11. The molecule has 1 spiro atoms. The van der Waals surface area contributed by atoms with Gasteiger partial charge >= 0.3 is 5.97 Å². The number of thioether (sulfide) groups is 1. The summed E-state index contributed by atoms with van der Waals surface area (Å²) in [5.74, 6) is -1.69. The average Bonchev–Trinajstić information content (AvgIpc) is 3.52. The summed E-state index contributed by atoms with van der Waals surface area (Å²) < 4.78 is 4.78. The average molecular weight is 513 g/mol. The van der Waals surface area contributed by atoms with Gasteiger partial charge in [-0.3, -0.25) is 14.4 Å². The Hall–Kier alpha value is -2.58. The molecular weight excluding hydrogens is 476 g/mol. The van der Waals surface area contributed by atoms with Crippen LogP contribution in [0, 0.1) is 11.8 Å². The van der Waals surface area contributed by atoms with E-state index in [0.717, 1.165) is 24.8 Å². The SMILES string of the molecule is C=CCOC(=O)[C@@H]1[C@@H]2CCC3(S2)C(C(=O)N(CC=C)Cc2ccccc2)N(CCCCCO)C(=O)[C@H]13. The second-order valence-corrected chi connectivity index (χ2v) is 11.4. The van der Waals surface area contributed by atoms with Crippen LogP contribution in [-0.2, 0) is 25.7 Å². The van der Waals surface area contributed by atoms with Crippen molar-refractivity contribution in [1.29, 1.82) is 0 Å². The van der Waals surface area contributed by atoms with E-state index < -0.39 is 22.6 Å². The smallest absolute Gasteiger partial charge is 0.311 e. The van der Waals surface area contributed by atoms with Crippen LogP contribution >= 0.6 is 11.8 Å². The molecule has 194 valence electrons. The quantitative estimate of drug-likeness (QED) is 0.248. The van der Waals surface area contributed by atoms with Gasteiger partial charge in [0.1, 0.15) is 12.6 Å². The van der Waals surface area contributed by atoms with Crippen LogP contribution in [0.3, 0.4) is 0 Å². The summed E-state index contributed by atoms with van der Waals surface area (Å²) in [4.78, 5) is 44.7. The molecule has 0 aromatic heterocycles. The minimum atomic E-state index is -0.639. The van der Waals surface area contributed by atoms with E-state index in [2.05, 4.69) is 13.2 Å². The maximum Gasteiger partial charge on any atom is 0.311 e. The monoisotopic (exact) mass is 512 g/mol. The molecule has 3 aliphatic heterocycles. The molecule has 1 aromatic carbocycles. The van der Waals surface area contributed by atoms with Crippen molar-refractivity contribution < 1.29 is 24.2 Å². The van der Waals surface area contributed by atoms with Crippen LogP contribution in [-0.4, -0.2) is 75.0 Å². The van der Waals surface area contributed by atoms with E-state index in [1.165, 1.54) is 6.08 Å². The van der Waals surface area contributed by atoms with E-state index in [9.17, 15) is 19.5 Å². The number of hydrogen-bond acceptors (Lipinski definition) is 6. The summed E-state index contributed by atoms with van der Waals surface area (Å²) >= 11 is 1.65. The number of rotatable bonds is 13. The molecule has 7 nitrogen and oxygen atoms in total. The van der Waals surface area contributed by atoms with E-state index >= 15 is 0 Å². The Morgan fingerprint density at radius 2 is 1.97 bits per heavy atom. The molecule has 2 unspecified atom stereocenters. The molecule has 1 N–H and O–H groups in total. The number of amides is 2. The highest BCUT2D eigenvalue weighted by atomic mass is 32.2. The van der Waals surface area contributed by atoms with Gasteiger partial charge in [-0.25, -0.2) is 0 Å². The van der Waals surface area contributed by atoms with E-state index in [1.807, 2.05) is 30.3 Å². The molecule has 3 aliphatic rings. The molecule has 36 heavy (non-hydrogen) atoms. The fourth-order valence-corrected chi connectivity index (χ4v) is 8.31. The molecule has 2 amide bonds. The van der Waals surface area contributed by atoms with Gasteiger partial charge in [-0.15, -0.1) is 18.3 Å². The molecule has 3 saturated heterocycles. The topological polar surface area (TPSA) is 87.2 Å². The number of aliphatic hydroxyl groups is 1. The lowest BCUT2D eigenvalue weighted by Gasteiger charge is -2.37. The second-order valence-electron chi connectivity index (χ2n) is 9.78. The lowest BCUT2D eigenvalue weighted by molar-refractivity contribution is -0.153. The zero-order valence-corrected chi connectivity index (χ0v) is 21.5. The zero-order valence-electron chi connectivity index (χ0n) is 20.7. The predicted molar refractivity (Wildman–Crippen MR) is 140 cm³/mol. The third-order valence-corrected chi connectivity index (χ3v) is 9.54. The van der Waals surface area contributed by atoms with Crippen molar-refractivity contribution in [1.82, 2.24) is 9.80 Å². The standard InChI is InChI=1S/C28H36N2O5S/c1-3-15-29(19-20-11-7-5-8-12-20)26(33)24-28-14-13-21(36-28)22(27(34)35-18-4-2)23(28)25(32)30(24)16-9-6-10-17-31/h3-5,7-8,11-12,21-24,31H,1-2,6,9-10,13-19H2/t21-,22+,23-,24?,28?/m0/s1. The number of unbranched alkanes of at least 4 members (excludes halogenated alkanes) is 2. The maximum atomic E-state index is 14.3. The molecule has 0 aliphatic carbocycles. The highest BCUT2D eigenvalue weighted by Gasteiger charge is 2.74. The number of ether oxygens (including phenoxy) is 1. The summed E-state index contributed by atoms with van der Waals surface area (Å²) in [6.07, 6.45) is 6.86. The number of esters is 1. The summed E-state index contributed by atoms with van der Waals surface area (Å²) in [5.41, 5.74) is 1.01. The number of aliphatic hydroxyl groups excluding tert-OH is 1. The number of hydrogen-bond donors (Lipinski definition) is 1. The van der Waals surface area contributed by atoms with Crippen LogP contribution in [0.25, 0.3) is 0 Å². The normalized spacial score (nSPS) is 28.1. The first kappa shape index (κ1) is 26.5. The largest absolute Gasteiger partial charge is 0.461 e. The number of benzene rings is 1. The van der Waals surface area contributed by atoms with Crippen molar-refractivity contribution in [3.8, 4) is 0 Å². The molecule has 8 heteroatoms. The Morgan fingerprint density at radius 3 is 2.67 bits per heavy atom. The minimum absolute atomic E-state index is 0.0231. The van der Waals surface area contributed by atoms with E-state index in [0.29, 0.717) is 32.5 Å². The van der Waals surface area contributed by atoms with E-state index in [4.69, 9.17) is 4.74 Å². The van der Waals surface area contributed by atoms with E-state index in [-0.39, 0.29) is 36.2 Å². The Bertz CT molecular complexity index is 985. The predicted octanol–water partition coefficient (Wildman–Crippen LogP) is 3.18. The van der Waals surface area contributed by atoms with Crippen LogP contribution in [0.1, 0.15) is 37.7 Å². The molecule has 0 radical (unpaired) electrons. The van der Waals surface area contributed by atoms with Crippen molar-refractivity contribution >= 4 is 29.5 Å². The summed E-state index contributed by atoms with van der Waals surface area (Å²) in [6.45, 7) is 8.92. The number of fused-ring (bicyclic) bond motifs is 1. The first-order valence-corrected chi connectivity index (χ1v) is 13.7. The number of carbonyl (C=O) groups excluding carboxylic acids is 3. The Balaban J connectivity index is 1.66. The van der Waals surface area contributed by atoms with Gasteiger partial charge in [0.25, 0.3) is 0 Å². The molecule has 2 bridgehead atoms. The number of carbonyl (C=O) groups is 3. The summed E-state index contributed by atoms with van der Waals surface area (Å²) in [5, 5.41) is 9.17. The first-order chi connectivity index (χ1) is 17.5. The summed E-state index contributed by atoms with van der Waals surface area (Å²) in [6, 6.07) is 9.16. The minimum Gasteiger partial charge on any atom is -0.461 e. The van der Waals surface area contributed by atoms with Crippen molar-refractivity contribution in [3.63, 3.8) is 0 Å². The van der Waals surface area contributed by atoms with Crippen molar-refractivity contribution in [2.24, 2.45) is 11.8 Å². The lowest BCUT2D eigenvalue weighted by Crippen LogP contribution is -2.54. The summed E-state index contributed by atoms with van der Waals surface area (Å²) in [7, 11) is 0. The highest BCUT2D eigenvalue weighted by molar-refractivity contribution is 8.02. The van der Waals surface area contributed by atoms with Gasteiger partial charge in [-0.1, -0.05) is 49.1 Å². The molecule has 0 saturated carbocycles. The van der Waals surface area contributed by atoms with Crippen molar-refractivity contribution in [2.45, 2.75) is 54.7 Å². The van der Waals surface area contributed by atoms with Gasteiger partial charge in [0.2, 0.25) is 11.8 Å². The molecular formula is C28H36N2O5S. The highest BCUT2D eigenvalue weighted by Crippen LogP contribution is 2.66. The van der Waals surface area contributed by atoms with Gasteiger partial charge < -0.3 is 19.6 Å². The maximum absolute atomic E-state index is 14.3. The third kappa shape index (κ3) is 4.85. The molecule has 3 fully saturated rings. The van der Waals surface area contributed by atoms with Crippen molar-refractivity contribution in [2.75, 3.05) is 26.3 Å². The van der Waals surface area contributed by atoms with Crippen LogP contribution in [0.2, 0.25) is 0 Å².